The summed E-state index contributed by atoms with van der Waals surface area (Å²) in [5, 5.41) is 3.36. The van der Waals surface area contributed by atoms with Crippen LogP contribution in [0.5, 0.6) is 0 Å². The van der Waals surface area contributed by atoms with Crippen LogP contribution in [0.25, 0.3) is 0 Å². The van der Waals surface area contributed by atoms with Gasteiger partial charge in [-0.3, -0.25) is 0 Å². The van der Waals surface area contributed by atoms with Gasteiger partial charge in [-0.05, 0) is 49.2 Å². The highest BCUT2D eigenvalue weighted by Gasteiger charge is 2.17. The molecule has 1 N–H and O–H groups in total. The fourth-order valence-electron chi connectivity index (χ4n) is 2.25. The maximum atomic E-state index is 13.8. The molecule has 0 aromatic heterocycles. The molecule has 4 heteroatoms. The molecule has 2 rings (SSSR count). The van der Waals surface area contributed by atoms with E-state index in [0.717, 1.165) is 23.0 Å². The lowest BCUT2D eigenvalue weighted by atomic mass is 9.98. The Morgan fingerprint density at radius 1 is 1.05 bits per heavy atom. The maximum Gasteiger partial charge on any atom is 0.129 e. The molecule has 0 fully saturated rings. The lowest BCUT2D eigenvalue weighted by Crippen LogP contribution is -2.24. The molecule has 1 nitrogen and oxygen atoms in total. The molecular weight excluding hydrogens is 336 g/mol. The van der Waals surface area contributed by atoms with E-state index in [-0.39, 0.29) is 11.6 Å². The molecule has 0 radical (unpaired) electrons. The van der Waals surface area contributed by atoms with Crippen molar-refractivity contribution in [2.75, 3.05) is 6.54 Å². The van der Waals surface area contributed by atoms with Crippen LogP contribution in [0, 0.1) is 11.6 Å². The Bertz CT molecular complexity index is 564. The smallest absolute Gasteiger partial charge is 0.129 e. The van der Waals surface area contributed by atoms with Crippen molar-refractivity contribution in [1.82, 2.24) is 5.32 Å². The van der Waals surface area contributed by atoms with Gasteiger partial charge in [0.25, 0.3) is 0 Å². The van der Waals surface area contributed by atoms with E-state index in [4.69, 9.17) is 0 Å². The van der Waals surface area contributed by atoms with Crippen LogP contribution in [0.4, 0.5) is 8.78 Å². The van der Waals surface area contributed by atoms with E-state index in [0.29, 0.717) is 6.42 Å². The fourth-order valence-corrected chi connectivity index (χ4v) is 2.52. The molecule has 21 heavy (non-hydrogen) atoms. The topological polar surface area (TPSA) is 12.0 Å². The fraction of sp³-hybridized carbons (Fsp3) is 0.294. The molecule has 2 aromatic rings. The molecule has 0 spiro atoms. The molecular formula is C17H18BrF2N. The highest BCUT2D eigenvalue weighted by molar-refractivity contribution is 9.10. The summed E-state index contributed by atoms with van der Waals surface area (Å²) in [6.45, 7) is 2.87. The van der Waals surface area contributed by atoms with Gasteiger partial charge in [-0.2, -0.15) is 0 Å². The van der Waals surface area contributed by atoms with Crippen LogP contribution in [0.1, 0.15) is 30.5 Å². The van der Waals surface area contributed by atoms with E-state index in [1.807, 2.05) is 24.3 Å². The van der Waals surface area contributed by atoms with E-state index in [9.17, 15) is 8.78 Å². The number of nitrogens with one attached hydrogen (secondary N) is 1. The number of hydrogen-bond acceptors (Lipinski definition) is 1. The summed E-state index contributed by atoms with van der Waals surface area (Å²) in [5.74, 6) is -0.981. The Labute approximate surface area is 132 Å². The van der Waals surface area contributed by atoms with Crippen LogP contribution in [0.15, 0.2) is 46.9 Å². The van der Waals surface area contributed by atoms with Crippen molar-refractivity contribution in [2.24, 2.45) is 0 Å². The Kier molecular flexibility index (Phi) is 5.88. The van der Waals surface area contributed by atoms with Crippen molar-refractivity contribution in [2.45, 2.75) is 25.8 Å². The first-order valence-corrected chi connectivity index (χ1v) is 7.83. The van der Waals surface area contributed by atoms with Gasteiger partial charge in [-0.25, -0.2) is 8.78 Å². The minimum Gasteiger partial charge on any atom is -0.310 e. The Morgan fingerprint density at radius 3 is 2.24 bits per heavy atom. The third-order valence-corrected chi connectivity index (χ3v) is 3.91. The van der Waals surface area contributed by atoms with E-state index < -0.39 is 11.6 Å². The van der Waals surface area contributed by atoms with Gasteiger partial charge in [0.1, 0.15) is 11.6 Å². The number of benzene rings is 2. The van der Waals surface area contributed by atoms with Crippen LogP contribution >= 0.6 is 15.9 Å². The van der Waals surface area contributed by atoms with E-state index in [2.05, 4.69) is 28.2 Å². The van der Waals surface area contributed by atoms with Crippen molar-refractivity contribution in [3.8, 4) is 0 Å². The van der Waals surface area contributed by atoms with Crippen LogP contribution in [0.3, 0.4) is 0 Å². The molecule has 1 atom stereocenters. The average Bonchev–Trinajstić information content (AvgIpc) is 2.47. The van der Waals surface area contributed by atoms with Gasteiger partial charge in [0.05, 0.1) is 0 Å². The molecule has 0 saturated heterocycles. The molecule has 1 unspecified atom stereocenters. The third kappa shape index (κ3) is 4.35. The van der Waals surface area contributed by atoms with Gasteiger partial charge in [0, 0.05) is 16.1 Å². The van der Waals surface area contributed by atoms with Crippen LogP contribution in [-0.4, -0.2) is 6.54 Å². The van der Waals surface area contributed by atoms with Gasteiger partial charge in [0.2, 0.25) is 0 Å². The second-order valence-electron chi connectivity index (χ2n) is 4.96. The zero-order chi connectivity index (χ0) is 15.2. The van der Waals surface area contributed by atoms with Crippen molar-refractivity contribution in [1.29, 1.82) is 0 Å². The lowest BCUT2D eigenvalue weighted by Gasteiger charge is -2.20. The number of halogens is 3. The Hall–Kier alpha value is -1.26. The average molecular weight is 354 g/mol. The van der Waals surface area contributed by atoms with Crippen LogP contribution in [0.2, 0.25) is 0 Å². The van der Waals surface area contributed by atoms with Crippen molar-refractivity contribution < 1.29 is 8.78 Å². The molecule has 0 amide bonds. The van der Waals surface area contributed by atoms with Gasteiger partial charge in [-0.15, -0.1) is 0 Å². The van der Waals surface area contributed by atoms with E-state index >= 15 is 0 Å². The summed E-state index contributed by atoms with van der Waals surface area (Å²) >= 11 is 3.40. The van der Waals surface area contributed by atoms with Gasteiger partial charge < -0.3 is 5.32 Å². The second-order valence-corrected chi connectivity index (χ2v) is 5.88. The first-order chi connectivity index (χ1) is 10.1. The van der Waals surface area contributed by atoms with Crippen molar-refractivity contribution in [3.05, 3.63) is 69.7 Å². The first-order valence-electron chi connectivity index (χ1n) is 7.03. The number of rotatable bonds is 6. The Balaban J connectivity index is 2.26. The third-order valence-electron chi connectivity index (χ3n) is 3.38. The lowest BCUT2D eigenvalue weighted by molar-refractivity contribution is 0.490. The van der Waals surface area contributed by atoms with Crippen LogP contribution in [-0.2, 0) is 6.42 Å². The largest absolute Gasteiger partial charge is 0.310 e. The highest BCUT2D eigenvalue weighted by atomic mass is 79.9. The van der Waals surface area contributed by atoms with Crippen molar-refractivity contribution in [3.63, 3.8) is 0 Å². The summed E-state index contributed by atoms with van der Waals surface area (Å²) < 4.78 is 28.7. The zero-order valence-electron chi connectivity index (χ0n) is 11.9. The van der Waals surface area contributed by atoms with Crippen molar-refractivity contribution >= 4 is 15.9 Å². The minimum absolute atomic E-state index is 0.107. The maximum absolute atomic E-state index is 13.8. The van der Waals surface area contributed by atoms with E-state index in [1.54, 1.807) is 0 Å². The first kappa shape index (κ1) is 16.1. The normalized spacial score (nSPS) is 12.4. The SMILES string of the molecule is CCCNC(Cc1c(F)cccc1F)c1ccc(Br)cc1. The summed E-state index contributed by atoms with van der Waals surface area (Å²) in [4.78, 5) is 0. The summed E-state index contributed by atoms with van der Waals surface area (Å²) in [6, 6.07) is 11.7. The summed E-state index contributed by atoms with van der Waals surface area (Å²) in [7, 11) is 0. The van der Waals surface area contributed by atoms with E-state index in [1.165, 1.54) is 18.2 Å². The molecule has 0 aliphatic heterocycles. The zero-order valence-corrected chi connectivity index (χ0v) is 13.5. The van der Waals surface area contributed by atoms with Gasteiger partial charge in [-0.1, -0.05) is 41.1 Å². The van der Waals surface area contributed by atoms with Gasteiger partial charge >= 0.3 is 0 Å². The molecule has 0 saturated carbocycles. The summed E-state index contributed by atoms with van der Waals surface area (Å²) in [5.41, 5.74) is 1.16. The highest BCUT2D eigenvalue weighted by Crippen LogP contribution is 2.23. The predicted octanol–water partition coefficient (Wildman–Crippen LogP) is 5.01. The molecule has 0 bridgehead atoms. The molecule has 0 heterocycles. The summed E-state index contributed by atoms with van der Waals surface area (Å²) in [6.07, 6.45) is 1.26. The number of hydrogen-bond donors (Lipinski definition) is 1. The predicted molar refractivity (Wildman–Crippen MR) is 85.2 cm³/mol. The molecule has 0 aliphatic rings. The molecule has 2 aromatic carbocycles. The molecule has 112 valence electrons. The quantitative estimate of drug-likeness (QED) is 0.769. The Morgan fingerprint density at radius 2 is 1.67 bits per heavy atom. The second kappa shape index (κ2) is 7.66. The van der Waals surface area contributed by atoms with Gasteiger partial charge in [0.15, 0.2) is 0 Å². The standard InChI is InChI=1S/C17H18BrF2N/c1-2-10-21-17(12-6-8-13(18)9-7-12)11-14-15(19)4-3-5-16(14)20/h3-9,17,21H,2,10-11H2,1H3. The molecule has 0 aliphatic carbocycles. The monoisotopic (exact) mass is 353 g/mol. The van der Waals surface area contributed by atoms with Crippen LogP contribution < -0.4 is 5.32 Å². The minimum atomic E-state index is -0.490.